The topological polar surface area (TPSA) is 98.0 Å². The van der Waals surface area contributed by atoms with Crippen molar-refractivity contribution in [1.82, 2.24) is 0 Å². The summed E-state index contributed by atoms with van der Waals surface area (Å²) in [6.45, 7) is 1.27. The van der Waals surface area contributed by atoms with E-state index in [1.807, 2.05) is 0 Å². The lowest BCUT2D eigenvalue weighted by Gasteiger charge is -2.18. The van der Waals surface area contributed by atoms with Gasteiger partial charge in [0.2, 0.25) is 0 Å². The summed E-state index contributed by atoms with van der Waals surface area (Å²) in [6, 6.07) is 0. The van der Waals surface area contributed by atoms with E-state index in [1.54, 1.807) is 0 Å². The second kappa shape index (κ2) is 4.27. The molecular formula is C6H12O5. The Morgan fingerprint density at radius 1 is 1.36 bits per heavy atom. The van der Waals surface area contributed by atoms with Crippen LogP contribution in [0.5, 0.6) is 0 Å². The van der Waals surface area contributed by atoms with Gasteiger partial charge >= 0.3 is 5.97 Å². The number of aliphatic carboxylic acids is 1. The fourth-order valence-electron chi connectivity index (χ4n) is 0.621. The van der Waals surface area contributed by atoms with Crippen molar-refractivity contribution in [3.63, 3.8) is 0 Å². The Morgan fingerprint density at radius 3 is 2.09 bits per heavy atom. The first kappa shape index (κ1) is 10.3. The van der Waals surface area contributed by atoms with Crippen molar-refractivity contribution >= 4 is 5.97 Å². The van der Waals surface area contributed by atoms with Crippen LogP contribution in [0.15, 0.2) is 0 Å². The standard InChI is InChI=1S/C6H12O5/c1-3(7)6(11)4(8)2-5(9)10/h3-4,6-8,11H,2H2,1H3,(H,9,10)/t3-,4-,6-/m1/s1. The lowest BCUT2D eigenvalue weighted by Crippen LogP contribution is -2.36. The lowest BCUT2D eigenvalue weighted by atomic mass is 10.1. The Morgan fingerprint density at radius 2 is 1.82 bits per heavy atom. The van der Waals surface area contributed by atoms with Gasteiger partial charge in [0.1, 0.15) is 6.10 Å². The number of carbonyl (C=O) groups is 1. The molecule has 0 aromatic carbocycles. The Bertz CT molecular complexity index is 133. The van der Waals surface area contributed by atoms with E-state index in [0.29, 0.717) is 0 Å². The van der Waals surface area contributed by atoms with Gasteiger partial charge in [-0.1, -0.05) is 0 Å². The Kier molecular flexibility index (Phi) is 4.02. The maximum Gasteiger partial charge on any atom is 0.306 e. The van der Waals surface area contributed by atoms with Crippen molar-refractivity contribution in [2.75, 3.05) is 0 Å². The molecule has 0 aromatic heterocycles. The number of hydrogen-bond acceptors (Lipinski definition) is 4. The number of aliphatic hydroxyl groups is 3. The van der Waals surface area contributed by atoms with Gasteiger partial charge < -0.3 is 20.4 Å². The largest absolute Gasteiger partial charge is 0.481 e. The fourth-order valence-corrected chi connectivity index (χ4v) is 0.621. The van der Waals surface area contributed by atoms with Crippen LogP contribution in [0.2, 0.25) is 0 Å². The van der Waals surface area contributed by atoms with Crippen molar-refractivity contribution < 1.29 is 25.2 Å². The summed E-state index contributed by atoms with van der Waals surface area (Å²) in [6.07, 6.45) is -4.49. The number of rotatable bonds is 4. The van der Waals surface area contributed by atoms with Gasteiger partial charge in [-0.3, -0.25) is 4.79 Å². The van der Waals surface area contributed by atoms with Gasteiger partial charge in [0.25, 0.3) is 0 Å². The van der Waals surface area contributed by atoms with E-state index in [2.05, 4.69) is 0 Å². The zero-order chi connectivity index (χ0) is 9.02. The highest BCUT2D eigenvalue weighted by Crippen LogP contribution is 2.03. The van der Waals surface area contributed by atoms with E-state index in [9.17, 15) is 4.79 Å². The molecule has 0 radical (unpaired) electrons. The predicted molar refractivity (Wildman–Crippen MR) is 35.9 cm³/mol. The average molecular weight is 164 g/mol. The molecule has 0 rings (SSSR count). The molecule has 5 nitrogen and oxygen atoms in total. The highest BCUT2D eigenvalue weighted by Gasteiger charge is 2.23. The minimum Gasteiger partial charge on any atom is -0.481 e. The van der Waals surface area contributed by atoms with Crippen LogP contribution >= 0.6 is 0 Å². The number of carboxylic acid groups (broad SMARTS) is 1. The summed E-state index contributed by atoms with van der Waals surface area (Å²) in [7, 11) is 0. The molecule has 0 spiro atoms. The smallest absolute Gasteiger partial charge is 0.306 e. The highest BCUT2D eigenvalue weighted by molar-refractivity contribution is 5.67. The number of aliphatic hydroxyl groups excluding tert-OH is 3. The van der Waals surface area contributed by atoms with E-state index in [-0.39, 0.29) is 0 Å². The maximum atomic E-state index is 9.98. The minimum atomic E-state index is -1.41. The van der Waals surface area contributed by atoms with Crippen LogP contribution in [0, 0.1) is 0 Å². The van der Waals surface area contributed by atoms with E-state index >= 15 is 0 Å². The maximum absolute atomic E-state index is 9.98. The predicted octanol–water partition coefficient (Wildman–Crippen LogP) is -1.44. The summed E-state index contributed by atoms with van der Waals surface area (Å²) in [5, 5.41) is 34.6. The number of carboxylic acids is 1. The molecule has 0 saturated carbocycles. The van der Waals surface area contributed by atoms with E-state index in [4.69, 9.17) is 20.4 Å². The molecule has 5 heteroatoms. The van der Waals surface area contributed by atoms with Gasteiger partial charge in [0, 0.05) is 0 Å². The van der Waals surface area contributed by atoms with Gasteiger partial charge in [-0.15, -0.1) is 0 Å². The van der Waals surface area contributed by atoms with Gasteiger partial charge in [0.15, 0.2) is 0 Å². The molecule has 0 saturated heterocycles. The molecule has 11 heavy (non-hydrogen) atoms. The Labute approximate surface area is 63.9 Å². The molecule has 66 valence electrons. The summed E-state index contributed by atoms with van der Waals surface area (Å²) in [5.41, 5.74) is 0. The lowest BCUT2D eigenvalue weighted by molar-refractivity contribution is -0.142. The second-order valence-corrected chi connectivity index (χ2v) is 2.40. The molecule has 0 aliphatic heterocycles. The molecule has 0 aromatic rings. The quantitative estimate of drug-likeness (QED) is 0.408. The third-order valence-electron chi connectivity index (χ3n) is 1.27. The van der Waals surface area contributed by atoms with Gasteiger partial charge in [0.05, 0.1) is 18.6 Å². The molecule has 0 aliphatic rings. The van der Waals surface area contributed by atoms with Crippen LogP contribution in [0.3, 0.4) is 0 Å². The first-order chi connectivity index (χ1) is 4.95. The zero-order valence-corrected chi connectivity index (χ0v) is 6.14. The van der Waals surface area contributed by atoms with Crippen LogP contribution < -0.4 is 0 Å². The first-order valence-corrected chi connectivity index (χ1v) is 3.21. The van der Waals surface area contributed by atoms with Crippen LogP contribution in [0.4, 0.5) is 0 Å². The van der Waals surface area contributed by atoms with Crippen LogP contribution in [0.1, 0.15) is 13.3 Å². The third-order valence-corrected chi connectivity index (χ3v) is 1.27. The zero-order valence-electron chi connectivity index (χ0n) is 6.14. The van der Waals surface area contributed by atoms with Crippen molar-refractivity contribution in [3.8, 4) is 0 Å². The Balaban J connectivity index is 3.82. The molecule has 0 fully saturated rings. The molecule has 3 atom stereocenters. The minimum absolute atomic E-state index is 0.563. The van der Waals surface area contributed by atoms with Gasteiger partial charge in [-0.25, -0.2) is 0 Å². The van der Waals surface area contributed by atoms with Crippen LogP contribution in [0.25, 0.3) is 0 Å². The van der Waals surface area contributed by atoms with E-state index < -0.39 is 30.7 Å². The molecule has 0 heterocycles. The molecule has 0 aliphatic carbocycles. The second-order valence-electron chi connectivity index (χ2n) is 2.40. The van der Waals surface area contributed by atoms with Crippen molar-refractivity contribution in [3.05, 3.63) is 0 Å². The van der Waals surface area contributed by atoms with Crippen molar-refractivity contribution in [2.45, 2.75) is 31.7 Å². The van der Waals surface area contributed by atoms with Crippen LogP contribution in [-0.4, -0.2) is 44.7 Å². The SMILES string of the molecule is C[C@@H](O)[C@@H](O)[C@H](O)CC(=O)O. The van der Waals surface area contributed by atoms with Gasteiger partial charge in [-0.2, -0.15) is 0 Å². The molecule has 4 N–H and O–H groups in total. The average Bonchev–Trinajstić information content (AvgIpc) is 1.84. The van der Waals surface area contributed by atoms with Crippen molar-refractivity contribution in [2.24, 2.45) is 0 Å². The number of hydrogen-bond donors (Lipinski definition) is 4. The third kappa shape index (κ3) is 3.92. The van der Waals surface area contributed by atoms with E-state index in [0.717, 1.165) is 0 Å². The molecular weight excluding hydrogens is 152 g/mol. The molecule has 0 bridgehead atoms. The summed E-state index contributed by atoms with van der Waals surface area (Å²) < 4.78 is 0. The summed E-state index contributed by atoms with van der Waals surface area (Å²) in [4.78, 5) is 9.98. The summed E-state index contributed by atoms with van der Waals surface area (Å²) >= 11 is 0. The van der Waals surface area contributed by atoms with Crippen molar-refractivity contribution in [1.29, 1.82) is 0 Å². The fraction of sp³-hybridized carbons (Fsp3) is 0.833. The Hall–Kier alpha value is -0.650. The highest BCUT2D eigenvalue weighted by atomic mass is 16.4. The summed E-state index contributed by atoms with van der Waals surface area (Å²) in [5.74, 6) is -1.21. The first-order valence-electron chi connectivity index (χ1n) is 3.21. The monoisotopic (exact) mass is 164 g/mol. The van der Waals surface area contributed by atoms with E-state index in [1.165, 1.54) is 6.92 Å². The van der Waals surface area contributed by atoms with Crippen LogP contribution in [-0.2, 0) is 4.79 Å². The normalized spacial score (nSPS) is 18.9. The van der Waals surface area contributed by atoms with Gasteiger partial charge in [-0.05, 0) is 6.92 Å². The molecule has 0 unspecified atom stereocenters. The molecule has 0 amide bonds.